The molecule has 1 atom stereocenters. The molecule has 0 aliphatic carbocycles. The van der Waals surface area contributed by atoms with E-state index in [9.17, 15) is 0 Å². The lowest BCUT2D eigenvalue weighted by Crippen LogP contribution is -2.45. The highest BCUT2D eigenvalue weighted by Gasteiger charge is 2.27. The Hall–Kier alpha value is -0.500. The van der Waals surface area contributed by atoms with Gasteiger partial charge in [-0.05, 0) is 19.4 Å². The van der Waals surface area contributed by atoms with Crippen molar-refractivity contribution in [1.29, 1.82) is 0 Å². The first-order valence-corrected chi connectivity index (χ1v) is 4.02. The summed E-state index contributed by atoms with van der Waals surface area (Å²) in [5.74, 6) is 0. The molecular weight excluding hydrogens is 124 g/mol. The monoisotopic (exact) mass is 138 g/mol. The van der Waals surface area contributed by atoms with Crippen LogP contribution in [0.3, 0.4) is 0 Å². The molecule has 2 heterocycles. The highest BCUT2D eigenvalue weighted by atomic mass is 15.2. The van der Waals surface area contributed by atoms with Gasteiger partial charge in [-0.1, -0.05) is 6.58 Å². The van der Waals surface area contributed by atoms with Crippen molar-refractivity contribution in [2.24, 2.45) is 0 Å². The smallest absolute Gasteiger partial charge is 0.0379 e. The van der Waals surface area contributed by atoms with E-state index >= 15 is 0 Å². The molecule has 2 heteroatoms. The van der Waals surface area contributed by atoms with E-state index in [0.717, 1.165) is 19.1 Å². The van der Waals surface area contributed by atoms with Crippen LogP contribution in [0.15, 0.2) is 12.3 Å². The Balaban J connectivity index is 2.03. The third kappa shape index (κ3) is 0.926. The highest BCUT2D eigenvalue weighted by Crippen LogP contribution is 2.19. The Labute approximate surface area is 61.9 Å². The number of fused-ring (bicyclic) bond motifs is 1. The van der Waals surface area contributed by atoms with E-state index in [1.165, 1.54) is 25.1 Å². The molecule has 0 bridgehead atoms. The number of piperazine rings is 1. The third-order valence-corrected chi connectivity index (χ3v) is 2.48. The predicted molar refractivity (Wildman–Crippen MR) is 41.7 cm³/mol. The van der Waals surface area contributed by atoms with Gasteiger partial charge in [0.05, 0.1) is 0 Å². The quantitative estimate of drug-likeness (QED) is 0.526. The van der Waals surface area contributed by atoms with Crippen molar-refractivity contribution in [2.75, 3.05) is 19.6 Å². The first-order valence-electron chi connectivity index (χ1n) is 4.02. The third-order valence-electron chi connectivity index (χ3n) is 2.48. The summed E-state index contributed by atoms with van der Waals surface area (Å²) in [5, 5.41) is 3.32. The molecule has 1 N–H and O–H groups in total. The van der Waals surface area contributed by atoms with Gasteiger partial charge in [0, 0.05) is 24.8 Å². The van der Waals surface area contributed by atoms with Crippen LogP contribution in [0.5, 0.6) is 0 Å². The minimum absolute atomic E-state index is 0.811. The first kappa shape index (κ1) is 6.23. The van der Waals surface area contributed by atoms with E-state index in [2.05, 4.69) is 16.8 Å². The summed E-state index contributed by atoms with van der Waals surface area (Å²) in [6, 6.07) is 0.811. The molecule has 2 nitrogen and oxygen atoms in total. The van der Waals surface area contributed by atoms with Gasteiger partial charge in [-0.15, -0.1) is 0 Å². The molecule has 2 saturated heterocycles. The molecule has 56 valence electrons. The SMILES string of the molecule is C=C1CN2CCCC2CN1. The van der Waals surface area contributed by atoms with Crippen LogP contribution in [-0.2, 0) is 0 Å². The predicted octanol–water partition coefficient (Wildman–Crippen LogP) is 0.568. The Morgan fingerprint density at radius 2 is 2.50 bits per heavy atom. The van der Waals surface area contributed by atoms with Crippen molar-refractivity contribution in [2.45, 2.75) is 18.9 Å². The molecule has 0 radical (unpaired) electrons. The zero-order chi connectivity index (χ0) is 6.97. The average Bonchev–Trinajstić information content (AvgIpc) is 2.33. The molecule has 0 spiro atoms. The van der Waals surface area contributed by atoms with Crippen LogP contribution in [0.1, 0.15) is 12.8 Å². The van der Waals surface area contributed by atoms with Gasteiger partial charge in [0.15, 0.2) is 0 Å². The molecule has 2 aliphatic heterocycles. The van der Waals surface area contributed by atoms with Crippen LogP contribution >= 0.6 is 0 Å². The van der Waals surface area contributed by atoms with E-state index in [1.54, 1.807) is 0 Å². The molecule has 0 saturated carbocycles. The summed E-state index contributed by atoms with van der Waals surface area (Å²) in [7, 11) is 0. The summed E-state index contributed by atoms with van der Waals surface area (Å²) in [4.78, 5) is 2.53. The minimum Gasteiger partial charge on any atom is -0.386 e. The molecule has 0 aromatic heterocycles. The van der Waals surface area contributed by atoms with Gasteiger partial charge in [-0.25, -0.2) is 0 Å². The van der Waals surface area contributed by atoms with Crippen molar-refractivity contribution >= 4 is 0 Å². The molecule has 0 amide bonds. The highest BCUT2D eigenvalue weighted by molar-refractivity contribution is 5.03. The molecule has 0 aromatic rings. The zero-order valence-corrected chi connectivity index (χ0v) is 6.27. The molecular formula is C8H14N2. The Morgan fingerprint density at radius 1 is 1.60 bits per heavy atom. The van der Waals surface area contributed by atoms with Crippen LogP contribution in [0.2, 0.25) is 0 Å². The van der Waals surface area contributed by atoms with Crippen LogP contribution in [-0.4, -0.2) is 30.6 Å². The zero-order valence-electron chi connectivity index (χ0n) is 6.27. The topological polar surface area (TPSA) is 15.3 Å². The van der Waals surface area contributed by atoms with Crippen molar-refractivity contribution in [3.05, 3.63) is 12.3 Å². The second-order valence-corrected chi connectivity index (χ2v) is 3.25. The average molecular weight is 138 g/mol. The maximum absolute atomic E-state index is 3.92. The van der Waals surface area contributed by atoms with E-state index in [4.69, 9.17) is 0 Å². The van der Waals surface area contributed by atoms with Crippen LogP contribution in [0, 0.1) is 0 Å². The standard InChI is InChI=1S/C8H14N2/c1-7-6-10-4-2-3-8(10)5-9-7/h8-9H,1-6H2. The minimum atomic E-state index is 0.811. The Kier molecular flexibility index (Phi) is 1.42. The van der Waals surface area contributed by atoms with Gasteiger partial charge >= 0.3 is 0 Å². The Bertz CT molecular complexity index is 153. The van der Waals surface area contributed by atoms with Gasteiger partial charge in [-0.2, -0.15) is 0 Å². The summed E-state index contributed by atoms with van der Waals surface area (Å²) in [6.45, 7) is 7.40. The molecule has 2 fully saturated rings. The molecule has 2 aliphatic rings. The lowest BCUT2D eigenvalue weighted by molar-refractivity contribution is 0.238. The number of nitrogens with zero attached hydrogens (tertiary/aromatic N) is 1. The first-order chi connectivity index (χ1) is 4.86. The van der Waals surface area contributed by atoms with Crippen molar-refractivity contribution in [3.8, 4) is 0 Å². The fraction of sp³-hybridized carbons (Fsp3) is 0.750. The second-order valence-electron chi connectivity index (χ2n) is 3.25. The summed E-state index contributed by atoms with van der Waals surface area (Å²) >= 11 is 0. The maximum Gasteiger partial charge on any atom is 0.0379 e. The van der Waals surface area contributed by atoms with Crippen LogP contribution < -0.4 is 5.32 Å². The Morgan fingerprint density at radius 3 is 3.40 bits per heavy atom. The summed E-state index contributed by atoms with van der Waals surface area (Å²) < 4.78 is 0. The van der Waals surface area contributed by atoms with Gasteiger partial charge < -0.3 is 5.32 Å². The largest absolute Gasteiger partial charge is 0.386 e. The van der Waals surface area contributed by atoms with E-state index in [1.807, 2.05) is 0 Å². The maximum atomic E-state index is 3.92. The molecule has 1 unspecified atom stereocenters. The normalized spacial score (nSPS) is 33.6. The van der Waals surface area contributed by atoms with Crippen molar-refractivity contribution < 1.29 is 0 Å². The number of nitrogens with one attached hydrogen (secondary N) is 1. The fourth-order valence-electron chi connectivity index (χ4n) is 1.90. The van der Waals surface area contributed by atoms with Crippen molar-refractivity contribution in [3.63, 3.8) is 0 Å². The summed E-state index contributed by atoms with van der Waals surface area (Å²) in [5.41, 5.74) is 1.19. The number of hydrogen-bond acceptors (Lipinski definition) is 2. The van der Waals surface area contributed by atoms with Gasteiger partial charge in [0.2, 0.25) is 0 Å². The van der Waals surface area contributed by atoms with E-state index in [0.29, 0.717) is 0 Å². The van der Waals surface area contributed by atoms with Gasteiger partial charge in [0.25, 0.3) is 0 Å². The lowest BCUT2D eigenvalue weighted by Gasteiger charge is -2.31. The molecule has 0 aromatic carbocycles. The number of hydrogen-bond donors (Lipinski definition) is 1. The fourth-order valence-corrected chi connectivity index (χ4v) is 1.90. The van der Waals surface area contributed by atoms with Crippen LogP contribution in [0.25, 0.3) is 0 Å². The lowest BCUT2D eigenvalue weighted by atomic mass is 10.2. The van der Waals surface area contributed by atoms with E-state index in [-0.39, 0.29) is 0 Å². The van der Waals surface area contributed by atoms with Gasteiger partial charge in [0.1, 0.15) is 0 Å². The molecule has 2 rings (SSSR count). The van der Waals surface area contributed by atoms with Crippen LogP contribution in [0.4, 0.5) is 0 Å². The van der Waals surface area contributed by atoms with E-state index < -0.39 is 0 Å². The van der Waals surface area contributed by atoms with Crippen molar-refractivity contribution in [1.82, 2.24) is 10.2 Å². The number of rotatable bonds is 0. The molecule has 10 heavy (non-hydrogen) atoms. The van der Waals surface area contributed by atoms with Gasteiger partial charge in [-0.3, -0.25) is 4.90 Å². The summed E-state index contributed by atoms with van der Waals surface area (Å²) in [6.07, 6.45) is 2.75. The second kappa shape index (κ2) is 2.27.